The molecule has 5 nitrogen and oxygen atoms in total. The van der Waals surface area contributed by atoms with Gasteiger partial charge in [0.25, 0.3) is 0 Å². The van der Waals surface area contributed by atoms with Gasteiger partial charge in [0.05, 0.1) is 44.9 Å². The normalized spacial score (nSPS) is 14.3. The lowest BCUT2D eigenvalue weighted by atomic mass is 9.94. The van der Waals surface area contributed by atoms with E-state index in [0.717, 1.165) is 61.1 Å². The number of aliphatic imine (C=N–C) groups is 1. The Morgan fingerprint density at radius 3 is 2.24 bits per heavy atom. The van der Waals surface area contributed by atoms with Crippen molar-refractivity contribution >= 4 is 61.8 Å². The summed E-state index contributed by atoms with van der Waals surface area (Å²) in [6.45, 7) is 0. The van der Waals surface area contributed by atoms with Crippen LogP contribution in [0.1, 0.15) is 11.1 Å². The second kappa shape index (κ2) is 7.85. The molecule has 0 amide bonds. The molecule has 178 valence electrons. The second-order valence-corrected chi connectivity index (χ2v) is 9.50. The first-order chi connectivity index (χ1) is 18.8. The maximum Gasteiger partial charge on any atom is 0.220 e. The number of nitrogens with zero attached hydrogens (tertiary/aromatic N) is 4. The number of nitrogens with one attached hydrogen (secondary N) is 1. The quantitative estimate of drug-likeness (QED) is 0.266. The molecule has 0 spiro atoms. The van der Waals surface area contributed by atoms with Crippen molar-refractivity contribution in [1.29, 1.82) is 5.41 Å². The van der Waals surface area contributed by atoms with Gasteiger partial charge >= 0.3 is 0 Å². The maximum atomic E-state index is 8.59. The summed E-state index contributed by atoms with van der Waals surface area (Å²) >= 11 is 0. The lowest BCUT2D eigenvalue weighted by Crippen LogP contribution is -2.16. The molecule has 2 aromatic heterocycles. The summed E-state index contributed by atoms with van der Waals surface area (Å²) in [7, 11) is 0. The Hall–Kier alpha value is -5.29. The standard InChI is InChI=1S/C33H21N5/c34-25-18-17-21-9-1-2-10-22(21)32(25)35-26-19-20-28(24-12-4-3-11-23(24)26)37-30-15-7-8-16-31(30)38-29-14-6-5-13-27(29)36-33(37)38/h1-20,34H. The summed E-state index contributed by atoms with van der Waals surface area (Å²) in [6.07, 6.45) is 3.80. The van der Waals surface area contributed by atoms with E-state index in [1.165, 1.54) is 0 Å². The topological polar surface area (TPSA) is 58.4 Å². The van der Waals surface area contributed by atoms with Crippen molar-refractivity contribution in [1.82, 2.24) is 14.0 Å². The van der Waals surface area contributed by atoms with Crippen LogP contribution in [0.5, 0.6) is 0 Å². The fourth-order valence-corrected chi connectivity index (χ4v) is 5.64. The van der Waals surface area contributed by atoms with Gasteiger partial charge in [0, 0.05) is 16.3 Å². The van der Waals surface area contributed by atoms with Crippen molar-refractivity contribution in [2.45, 2.75) is 0 Å². The van der Waals surface area contributed by atoms with E-state index in [-0.39, 0.29) is 0 Å². The van der Waals surface area contributed by atoms with Gasteiger partial charge in [0.1, 0.15) is 0 Å². The molecule has 0 atom stereocenters. The summed E-state index contributed by atoms with van der Waals surface area (Å²) < 4.78 is 4.48. The Kier molecular flexibility index (Phi) is 4.31. The van der Waals surface area contributed by atoms with Crippen LogP contribution in [-0.2, 0) is 0 Å². The predicted octanol–water partition coefficient (Wildman–Crippen LogP) is 7.75. The molecule has 1 aliphatic rings. The molecule has 8 rings (SSSR count). The number of hydrogen-bond acceptors (Lipinski definition) is 3. The largest absolute Gasteiger partial charge is 0.299 e. The van der Waals surface area contributed by atoms with E-state index >= 15 is 0 Å². The first-order valence-corrected chi connectivity index (χ1v) is 12.6. The zero-order valence-electron chi connectivity index (χ0n) is 20.3. The molecule has 0 radical (unpaired) electrons. The molecular formula is C33H21N5. The number of hydrogen-bond donors (Lipinski definition) is 1. The van der Waals surface area contributed by atoms with Crippen LogP contribution < -0.4 is 0 Å². The minimum Gasteiger partial charge on any atom is -0.299 e. The van der Waals surface area contributed by atoms with Crippen LogP contribution >= 0.6 is 0 Å². The summed E-state index contributed by atoms with van der Waals surface area (Å²) in [5.74, 6) is 0.879. The van der Waals surface area contributed by atoms with Gasteiger partial charge in [-0.3, -0.25) is 14.4 Å². The summed E-state index contributed by atoms with van der Waals surface area (Å²) in [6, 6.07) is 37.4. The van der Waals surface area contributed by atoms with E-state index in [4.69, 9.17) is 15.4 Å². The number of benzene rings is 5. The molecule has 5 heteroatoms. The third kappa shape index (κ3) is 2.90. The number of aromatic nitrogens is 3. The lowest BCUT2D eigenvalue weighted by molar-refractivity contribution is 1.12. The van der Waals surface area contributed by atoms with E-state index in [1.54, 1.807) is 0 Å². The van der Waals surface area contributed by atoms with E-state index in [0.29, 0.717) is 11.4 Å². The van der Waals surface area contributed by atoms with Crippen LogP contribution in [0.3, 0.4) is 0 Å². The Balaban J connectivity index is 1.42. The molecule has 38 heavy (non-hydrogen) atoms. The molecule has 1 aliphatic carbocycles. The molecule has 0 fully saturated rings. The van der Waals surface area contributed by atoms with Gasteiger partial charge in [0.15, 0.2) is 0 Å². The summed E-state index contributed by atoms with van der Waals surface area (Å²) in [4.78, 5) is 10.1. The van der Waals surface area contributed by atoms with Gasteiger partial charge in [-0.1, -0.05) is 78.9 Å². The van der Waals surface area contributed by atoms with Crippen LogP contribution in [0.4, 0.5) is 5.69 Å². The Morgan fingerprint density at radius 1 is 0.632 bits per heavy atom. The van der Waals surface area contributed by atoms with Crippen molar-refractivity contribution in [2.75, 3.05) is 0 Å². The molecule has 0 unspecified atom stereocenters. The minimum absolute atomic E-state index is 0.416. The van der Waals surface area contributed by atoms with E-state index in [2.05, 4.69) is 87.8 Å². The molecule has 0 bridgehead atoms. The molecule has 0 saturated heterocycles. The average Bonchev–Trinajstić information content (AvgIpc) is 3.49. The first-order valence-electron chi connectivity index (χ1n) is 12.6. The molecule has 1 N–H and O–H groups in total. The number of fused-ring (bicyclic) bond motifs is 7. The van der Waals surface area contributed by atoms with Crippen molar-refractivity contribution in [3.8, 4) is 5.69 Å². The van der Waals surface area contributed by atoms with Crippen molar-refractivity contribution in [3.05, 3.63) is 126 Å². The molecule has 0 aliphatic heterocycles. The number of allylic oxidation sites excluding steroid dienone is 1. The maximum absolute atomic E-state index is 8.59. The molecule has 0 saturated carbocycles. The fraction of sp³-hybridized carbons (Fsp3) is 0. The zero-order valence-corrected chi connectivity index (χ0v) is 20.3. The molecule has 5 aromatic carbocycles. The van der Waals surface area contributed by atoms with Crippen LogP contribution in [0, 0.1) is 5.41 Å². The van der Waals surface area contributed by atoms with Gasteiger partial charge in [0.2, 0.25) is 5.78 Å². The Bertz CT molecular complexity index is 2160. The van der Waals surface area contributed by atoms with Crippen LogP contribution in [-0.4, -0.2) is 25.4 Å². The third-order valence-electron chi connectivity index (χ3n) is 7.36. The highest BCUT2D eigenvalue weighted by molar-refractivity contribution is 6.53. The van der Waals surface area contributed by atoms with E-state index < -0.39 is 0 Å². The monoisotopic (exact) mass is 487 g/mol. The highest BCUT2D eigenvalue weighted by Gasteiger charge is 2.20. The SMILES string of the molecule is N=C1C=Cc2ccccc2C1=Nc1ccc(-n2c3ccccc3n3c4ccccc4nc23)c2ccccc12. The van der Waals surface area contributed by atoms with Crippen molar-refractivity contribution in [3.63, 3.8) is 0 Å². The molecule has 7 aromatic rings. The Labute approximate surface area is 218 Å². The third-order valence-corrected chi connectivity index (χ3v) is 7.36. The smallest absolute Gasteiger partial charge is 0.220 e. The second-order valence-electron chi connectivity index (χ2n) is 9.50. The highest BCUT2D eigenvalue weighted by atomic mass is 15.2. The van der Waals surface area contributed by atoms with Gasteiger partial charge in [-0.25, -0.2) is 9.98 Å². The van der Waals surface area contributed by atoms with Crippen molar-refractivity contribution in [2.24, 2.45) is 4.99 Å². The highest BCUT2D eigenvalue weighted by Crippen LogP contribution is 2.36. The first kappa shape index (κ1) is 20.9. The number of imidazole rings is 2. The van der Waals surface area contributed by atoms with Gasteiger partial charge in [-0.15, -0.1) is 0 Å². The van der Waals surface area contributed by atoms with Crippen LogP contribution in [0.2, 0.25) is 0 Å². The van der Waals surface area contributed by atoms with Gasteiger partial charge in [-0.2, -0.15) is 0 Å². The average molecular weight is 488 g/mol. The molecule has 2 heterocycles. The number of rotatable bonds is 2. The number of para-hydroxylation sites is 4. The Morgan fingerprint density at radius 2 is 1.34 bits per heavy atom. The lowest BCUT2D eigenvalue weighted by Gasteiger charge is -2.15. The fourth-order valence-electron chi connectivity index (χ4n) is 5.64. The van der Waals surface area contributed by atoms with Gasteiger partial charge < -0.3 is 0 Å². The summed E-state index contributed by atoms with van der Waals surface area (Å²) in [5.41, 5.74) is 9.32. The van der Waals surface area contributed by atoms with E-state index in [1.807, 2.05) is 42.5 Å². The van der Waals surface area contributed by atoms with Crippen LogP contribution in [0.25, 0.3) is 50.4 Å². The predicted molar refractivity (Wildman–Crippen MR) is 156 cm³/mol. The summed E-state index contributed by atoms with van der Waals surface area (Å²) in [5, 5.41) is 10.7. The van der Waals surface area contributed by atoms with Crippen LogP contribution in [0.15, 0.2) is 120 Å². The van der Waals surface area contributed by atoms with E-state index in [9.17, 15) is 0 Å². The minimum atomic E-state index is 0.416. The zero-order chi connectivity index (χ0) is 25.2. The van der Waals surface area contributed by atoms with Gasteiger partial charge in [-0.05, 0) is 48.0 Å². The molecular weight excluding hydrogens is 466 g/mol. The van der Waals surface area contributed by atoms with Crippen molar-refractivity contribution < 1.29 is 0 Å².